The van der Waals surface area contributed by atoms with Gasteiger partial charge >= 0.3 is 0 Å². The Morgan fingerprint density at radius 2 is 1.97 bits per heavy atom. The average Bonchev–Trinajstić information content (AvgIpc) is 2.76. The highest BCUT2D eigenvalue weighted by molar-refractivity contribution is 6.31. The van der Waals surface area contributed by atoms with Gasteiger partial charge in [-0.05, 0) is 38.1 Å². The summed E-state index contributed by atoms with van der Waals surface area (Å²) in [6, 6.07) is 14.6. The van der Waals surface area contributed by atoms with Gasteiger partial charge in [0.25, 0.3) is 5.91 Å². The highest BCUT2D eigenvalue weighted by atomic mass is 35.5. The van der Waals surface area contributed by atoms with E-state index < -0.39 is 6.10 Å². The lowest BCUT2D eigenvalue weighted by Gasteiger charge is -2.30. The number of ketones is 1. The first-order chi connectivity index (χ1) is 14.5. The monoisotopic (exact) mass is 429 g/mol. The number of nitrogens with one attached hydrogen (secondary N) is 2. The van der Waals surface area contributed by atoms with Gasteiger partial charge < -0.3 is 15.4 Å². The van der Waals surface area contributed by atoms with Crippen LogP contribution < -0.4 is 10.6 Å². The minimum absolute atomic E-state index is 0.0397. The number of hydrogen-bond donors (Lipinski definition) is 2. The van der Waals surface area contributed by atoms with Gasteiger partial charge in [0.15, 0.2) is 5.78 Å². The van der Waals surface area contributed by atoms with Gasteiger partial charge in [0.2, 0.25) is 0 Å². The molecule has 1 aliphatic heterocycles. The first-order valence-electron chi connectivity index (χ1n) is 10.2. The molecule has 0 aliphatic carbocycles. The van der Waals surface area contributed by atoms with Crippen molar-refractivity contribution in [2.75, 3.05) is 31.6 Å². The second-order valence-corrected chi connectivity index (χ2v) is 8.02. The van der Waals surface area contributed by atoms with Crippen LogP contribution in [0.15, 0.2) is 48.5 Å². The van der Waals surface area contributed by atoms with Crippen molar-refractivity contribution >= 4 is 29.0 Å². The minimum Gasteiger partial charge on any atom is -0.368 e. The lowest BCUT2D eigenvalue weighted by Crippen LogP contribution is -2.47. The predicted octanol–water partition coefficient (Wildman–Crippen LogP) is 3.36. The molecule has 2 aromatic carbocycles. The van der Waals surface area contributed by atoms with Crippen LogP contribution in [0.3, 0.4) is 0 Å². The van der Waals surface area contributed by atoms with Crippen LogP contribution in [0.4, 0.5) is 5.69 Å². The molecule has 1 aliphatic rings. The van der Waals surface area contributed by atoms with Gasteiger partial charge in [0, 0.05) is 47.5 Å². The molecule has 1 atom stereocenters. The van der Waals surface area contributed by atoms with Crippen molar-refractivity contribution < 1.29 is 14.3 Å². The first kappa shape index (κ1) is 22.4. The molecule has 2 aromatic rings. The third-order valence-electron chi connectivity index (χ3n) is 5.14. The van der Waals surface area contributed by atoms with Crippen LogP contribution in [0.1, 0.15) is 29.8 Å². The molecular formula is C23H28ClN3O3. The molecule has 6 nitrogen and oxygen atoms in total. The summed E-state index contributed by atoms with van der Waals surface area (Å²) >= 11 is 6.50. The Balaban J connectivity index is 1.76. The molecule has 1 saturated heterocycles. The smallest absolute Gasteiger partial charge is 0.255 e. The van der Waals surface area contributed by atoms with E-state index in [2.05, 4.69) is 10.6 Å². The number of rotatable bonds is 8. The predicted molar refractivity (Wildman–Crippen MR) is 119 cm³/mol. The van der Waals surface area contributed by atoms with Crippen LogP contribution in [0.5, 0.6) is 0 Å². The van der Waals surface area contributed by atoms with Crippen LogP contribution in [0.25, 0.3) is 0 Å². The number of amides is 1. The molecule has 1 fully saturated rings. The van der Waals surface area contributed by atoms with E-state index in [-0.39, 0.29) is 24.3 Å². The summed E-state index contributed by atoms with van der Waals surface area (Å²) in [5, 5.41) is 6.70. The van der Waals surface area contributed by atoms with Crippen molar-refractivity contribution in [3.63, 3.8) is 0 Å². The van der Waals surface area contributed by atoms with Crippen molar-refractivity contribution in [2.45, 2.75) is 32.5 Å². The largest absolute Gasteiger partial charge is 0.368 e. The lowest BCUT2D eigenvalue weighted by atomic mass is 10.1. The molecule has 30 heavy (non-hydrogen) atoms. The summed E-state index contributed by atoms with van der Waals surface area (Å²) in [6.45, 7) is 6.60. The van der Waals surface area contributed by atoms with Crippen molar-refractivity contribution in [3.8, 4) is 0 Å². The molecule has 0 bridgehead atoms. The third-order valence-corrected chi connectivity index (χ3v) is 5.49. The number of Topliss-reactive ketones (excluding diaryl/α,β-unsaturated/α-hetero) is 1. The number of anilines is 1. The molecule has 0 spiro atoms. The molecule has 3 rings (SSSR count). The topological polar surface area (TPSA) is 70.7 Å². The molecule has 160 valence electrons. The maximum Gasteiger partial charge on any atom is 0.255 e. The van der Waals surface area contributed by atoms with Crippen LogP contribution >= 0.6 is 11.6 Å². The van der Waals surface area contributed by atoms with E-state index in [4.69, 9.17) is 16.3 Å². The Hall–Kier alpha value is -2.25. The maximum absolute atomic E-state index is 12.7. The fraction of sp³-hybridized carbons (Fsp3) is 0.391. The molecule has 1 unspecified atom stereocenters. The highest BCUT2D eigenvalue weighted by Gasteiger charge is 2.26. The molecule has 7 heteroatoms. The fourth-order valence-corrected chi connectivity index (χ4v) is 3.55. The Morgan fingerprint density at radius 1 is 1.20 bits per heavy atom. The first-order valence-corrected chi connectivity index (χ1v) is 10.6. The second kappa shape index (κ2) is 10.7. The van der Waals surface area contributed by atoms with E-state index in [0.717, 1.165) is 12.1 Å². The number of carbonyl (C=O) groups is 2. The zero-order valence-electron chi connectivity index (χ0n) is 17.4. The molecule has 0 saturated carbocycles. The van der Waals surface area contributed by atoms with Crippen LogP contribution in [-0.4, -0.2) is 55.0 Å². The van der Waals surface area contributed by atoms with Gasteiger partial charge in [-0.2, -0.15) is 0 Å². The second-order valence-electron chi connectivity index (χ2n) is 7.61. The Morgan fingerprint density at radius 3 is 2.63 bits per heavy atom. The Bertz CT molecular complexity index is 867. The number of nitrogens with zero attached hydrogens (tertiary/aromatic N) is 1. The van der Waals surface area contributed by atoms with Crippen LogP contribution in [0.2, 0.25) is 5.02 Å². The summed E-state index contributed by atoms with van der Waals surface area (Å²) in [6.07, 6.45) is -0.427. The van der Waals surface area contributed by atoms with Crippen molar-refractivity contribution in [3.05, 3.63) is 64.7 Å². The van der Waals surface area contributed by atoms with Gasteiger partial charge in [0.05, 0.1) is 13.2 Å². The quantitative estimate of drug-likeness (QED) is 0.673. The molecule has 0 aromatic heterocycles. The van der Waals surface area contributed by atoms with E-state index in [9.17, 15) is 9.59 Å². The standard InChI is InChI=1S/C23H28ClN3O3/c1-16(2)27(15-21(28)22-13-25-11-12-30-22)14-18-19(24)9-6-10-20(18)26-23(29)17-7-4-3-5-8-17/h3-10,16,22,25H,11-15H2,1-2H3,(H,26,29). The lowest BCUT2D eigenvalue weighted by molar-refractivity contribution is -0.133. The number of ether oxygens (including phenoxy) is 1. The van der Waals surface area contributed by atoms with E-state index in [0.29, 0.717) is 36.0 Å². The normalized spacial score (nSPS) is 16.6. The number of carbonyl (C=O) groups excluding carboxylic acids is 2. The summed E-state index contributed by atoms with van der Waals surface area (Å²) in [5.41, 5.74) is 2.00. The van der Waals surface area contributed by atoms with Gasteiger partial charge in [-0.1, -0.05) is 35.9 Å². The van der Waals surface area contributed by atoms with E-state index >= 15 is 0 Å². The average molecular weight is 430 g/mol. The number of morpholine rings is 1. The summed E-state index contributed by atoms with van der Waals surface area (Å²) in [7, 11) is 0. The SMILES string of the molecule is CC(C)N(CC(=O)C1CNCCO1)Cc1c(Cl)cccc1NC(=O)c1ccccc1. The van der Waals surface area contributed by atoms with E-state index in [1.807, 2.05) is 43.0 Å². The van der Waals surface area contributed by atoms with E-state index in [1.54, 1.807) is 24.3 Å². The van der Waals surface area contributed by atoms with Crippen molar-refractivity contribution in [1.82, 2.24) is 10.2 Å². The highest BCUT2D eigenvalue weighted by Crippen LogP contribution is 2.27. The molecular weight excluding hydrogens is 402 g/mol. The number of hydrogen-bond acceptors (Lipinski definition) is 5. The molecule has 1 heterocycles. The van der Waals surface area contributed by atoms with Crippen molar-refractivity contribution in [1.29, 1.82) is 0 Å². The minimum atomic E-state index is -0.427. The van der Waals surface area contributed by atoms with Crippen molar-refractivity contribution in [2.24, 2.45) is 0 Å². The summed E-state index contributed by atoms with van der Waals surface area (Å²) in [5.74, 6) is -0.161. The Labute approximate surface area is 182 Å². The van der Waals surface area contributed by atoms with Gasteiger partial charge in [-0.25, -0.2) is 0 Å². The fourth-order valence-electron chi connectivity index (χ4n) is 3.32. The number of halogens is 1. The Kier molecular flexibility index (Phi) is 7.99. The van der Waals surface area contributed by atoms with Gasteiger partial charge in [-0.3, -0.25) is 14.5 Å². The summed E-state index contributed by atoms with van der Waals surface area (Å²) < 4.78 is 5.60. The van der Waals surface area contributed by atoms with Crippen LogP contribution in [0, 0.1) is 0 Å². The molecule has 0 radical (unpaired) electrons. The van der Waals surface area contributed by atoms with Gasteiger partial charge in [0.1, 0.15) is 6.10 Å². The van der Waals surface area contributed by atoms with Crippen LogP contribution in [-0.2, 0) is 16.1 Å². The molecule has 2 N–H and O–H groups in total. The number of benzene rings is 2. The van der Waals surface area contributed by atoms with E-state index in [1.165, 1.54) is 0 Å². The van der Waals surface area contributed by atoms with Gasteiger partial charge in [-0.15, -0.1) is 0 Å². The zero-order chi connectivity index (χ0) is 21.5. The maximum atomic E-state index is 12.7. The molecule has 1 amide bonds. The third kappa shape index (κ3) is 5.89. The zero-order valence-corrected chi connectivity index (χ0v) is 18.1. The summed E-state index contributed by atoms with van der Waals surface area (Å²) in [4.78, 5) is 27.4.